The van der Waals surface area contributed by atoms with E-state index >= 15 is 0 Å². The van der Waals surface area contributed by atoms with Crippen LogP contribution >= 0.6 is 12.2 Å². The van der Waals surface area contributed by atoms with Gasteiger partial charge in [0.2, 0.25) is 0 Å². The molecule has 0 aliphatic carbocycles. The number of benzene rings is 1. The van der Waals surface area contributed by atoms with Crippen LogP contribution in [0.2, 0.25) is 25.2 Å². The first kappa shape index (κ1) is 19.8. The summed E-state index contributed by atoms with van der Waals surface area (Å²) in [4.78, 5) is 16.2. The van der Waals surface area contributed by atoms with Crippen LogP contribution in [0.5, 0.6) is 0 Å². The first-order valence-corrected chi connectivity index (χ1v) is 12.6. The van der Waals surface area contributed by atoms with Gasteiger partial charge in [-0.1, -0.05) is 13.1 Å². The lowest BCUT2D eigenvalue weighted by Gasteiger charge is -2.37. The molecule has 0 saturated carbocycles. The molecule has 0 bridgehead atoms. The highest BCUT2D eigenvalue weighted by Crippen LogP contribution is 2.34. The third-order valence-corrected chi connectivity index (χ3v) is 8.72. The number of nitrogens with zero attached hydrogens (tertiary/aromatic N) is 3. The summed E-state index contributed by atoms with van der Waals surface area (Å²) in [7, 11) is 0.207. The third-order valence-electron chi connectivity index (χ3n) is 5.28. The second-order valence-corrected chi connectivity index (χ2v) is 13.4. The molecule has 0 radical (unpaired) electrons. The van der Waals surface area contributed by atoms with Gasteiger partial charge in [-0.25, -0.2) is 13.6 Å². The minimum atomic E-state index is -1.26. The average molecular weight is 416 g/mol. The summed E-state index contributed by atoms with van der Waals surface area (Å²) in [6.07, 6.45) is -1.57. The predicted octanol–water partition coefficient (Wildman–Crippen LogP) is 3.55. The maximum Gasteiger partial charge on any atom is 0.416 e. The number of rotatable bonds is 3. The van der Waals surface area contributed by atoms with Gasteiger partial charge >= 0.3 is 6.09 Å². The van der Waals surface area contributed by atoms with Crippen molar-refractivity contribution in [2.24, 2.45) is 0 Å². The fraction of sp³-hybridized carbons (Fsp3) is 0.529. The van der Waals surface area contributed by atoms with Crippen molar-refractivity contribution < 1.29 is 23.4 Å². The van der Waals surface area contributed by atoms with Gasteiger partial charge in [-0.3, -0.25) is 9.80 Å². The highest BCUT2D eigenvalue weighted by atomic mass is 32.1. The van der Waals surface area contributed by atoms with E-state index in [2.05, 4.69) is 25.3 Å². The summed E-state index contributed by atoms with van der Waals surface area (Å²) in [5, 5.41) is 8.92. The van der Waals surface area contributed by atoms with E-state index in [9.17, 15) is 18.7 Å². The lowest BCUT2D eigenvalue weighted by atomic mass is 10.2. The van der Waals surface area contributed by atoms with Gasteiger partial charge in [0.25, 0.3) is 5.17 Å². The zero-order valence-electron chi connectivity index (χ0n) is 15.5. The molecule has 1 atom stereocenters. The molecule has 2 saturated heterocycles. The van der Waals surface area contributed by atoms with Gasteiger partial charge in [-0.15, -0.1) is 0 Å². The van der Waals surface area contributed by atoms with Gasteiger partial charge in [0.1, 0.15) is 5.69 Å². The Labute approximate surface area is 163 Å². The van der Waals surface area contributed by atoms with Crippen molar-refractivity contribution in [3.05, 3.63) is 23.8 Å². The summed E-state index contributed by atoms with van der Waals surface area (Å²) in [5.41, 5.74) is 0.0336. The molecule has 1 N–H and O–H groups in total. The third kappa shape index (κ3) is 4.01. The number of anilines is 2. The molecule has 1 aromatic rings. The molecule has 2 aliphatic rings. The molecule has 0 spiro atoms. The summed E-state index contributed by atoms with van der Waals surface area (Å²) in [5.74, 6) is -1.40. The average Bonchev–Trinajstić information content (AvgIpc) is 2.96. The van der Waals surface area contributed by atoms with Crippen LogP contribution in [0, 0.1) is 11.6 Å². The van der Waals surface area contributed by atoms with Crippen molar-refractivity contribution in [2.75, 3.05) is 36.5 Å². The highest BCUT2D eigenvalue weighted by molar-refractivity contribution is 7.79. The van der Waals surface area contributed by atoms with E-state index in [1.54, 1.807) is 4.90 Å². The number of ether oxygens (including phenoxy) is 1. The maximum absolute atomic E-state index is 14.7. The fourth-order valence-electron chi connectivity index (χ4n) is 3.33. The van der Waals surface area contributed by atoms with Crippen molar-refractivity contribution in [3.8, 4) is 0 Å². The zero-order valence-corrected chi connectivity index (χ0v) is 17.4. The van der Waals surface area contributed by atoms with Gasteiger partial charge in [0.05, 0.1) is 20.3 Å². The fourth-order valence-corrected chi connectivity index (χ4v) is 5.45. The van der Waals surface area contributed by atoms with Gasteiger partial charge in [0.15, 0.2) is 17.9 Å². The van der Waals surface area contributed by atoms with Crippen molar-refractivity contribution in [2.45, 2.75) is 31.4 Å². The Hall–Kier alpha value is -1.94. The van der Waals surface area contributed by atoms with E-state index in [4.69, 9.17) is 4.74 Å². The number of aliphatic hydroxyl groups excluding tert-OH is 1. The molecule has 6 nitrogen and oxygen atoms in total. The Bertz CT molecular complexity index is 747. The Morgan fingerprint density at radius 2 is 1.85 bits per heavy atom. The van der Waals surface area contributed by atoms with Gasteiger partial charge in [-0.05, 0) is 24.3 Å². The number of carbonyl (C=O) groups excluding carboxylic acids is 1. The molecule has 27 heavy (non-hydrogen) atoms. The van der Waals surface area contributed by atoms with Crippen molar-refractivity contribution in [1.82, 2.24) is 4.90 Å². The minimum Gasteiger partial charge on any atom is -0.486 e. The summed E-state index contributed by atoms with van der Waals surface area (Å²) >= 11 is 4.64. The molecule has 3 rings (SSSR count). The number of likely N-dealkylation sites (N-methyl/N-ethyl adjacent to an activating group) is 1. The van der Waals surface area contributed by atoms with Gasteiger partial charge in [0, 0.05) is 32.3 Å². The molecule has 2 heterocycles. The van der Waals surface area contributed by atoms with Crippen LogP contribution in [-0.4, -0.2) is 62.3 Å². The quantitative estimate of drug-likeness (QED) is 0.602. The van der Waals surface area contributed by atoms with Crippen LogP contribution in [-0.2, 0) is 4.74 Å². The molecule has 148 valence electrons. The largest absolute Gasteiger partial charge is 0.486 e. The van der Waals surface area contributed by atoms with Crippen LogP contribution in [0.3, 0.4) is 0 Å². The number of hydrogen-bond donors (Lipinski definition) is 1. The van der Waals surface area contributed by atoms with E-state index in [0.717, 1.165) is 29.1 Å². The van der Waals surface area contributed by atoms with E-state index in [-0.39, 0.29) is 17.9 Å². The van der Waals surface area contributed by atoms with E-state index < -0.39 is 37.2 Å². The number of cyclic esters (lactones) is 1. The molecule has 2 aliphatic heterocycles. The monoisotopic (exact) mass is 415 g/mol. The van der Waals surface area contributed by atoms with Crippen LogP contribution in [0.1, 0.15) is 0 Å². The van der Waals surface area contributed by atoms with E-state index in [0.29, 0.717) is 13.1 Å². The minimum absolute atomic E-state index is 0.00222. The molecule has 2 fully saturated rings. The molecule has 10 heteroatoms. The Balaban J connectivity index is 1.81. The number of thiocarbonyl (C=S) groups is 1. The van der Waals surface area contributed by atoms with Crippen molar-refractivity contribution in [1.29, 1.82) is 0 Å². The van der Waals surface area contributed by atoms with Crippen LogP contribution in [0.25, 0.3) is 0 Å². The standard InChI is InChI=1S/C17H23F2N3O3SSi/c1-20(17(24)26)14-10-22(16(23)25-14)11-8-12(18)15(13(19)9-11)21-4-6-27(2,3)7-5-21/h8-9,14H,4-7,10H2,1-3H3,(H,24,26)/t14-/m0/s1. The predicted molar refractivity (Wildman–Crippen MR) is 106 cm³/mol. The summed E-state index contributed by atoms with van der Waals surface area (Å²) in [6.45, 7) is 5.84. The van der Waals surface area contributed by atoms with Gasteiger partial charge < -0.3 is 14.7 Å². The smallest absolute Gasteiger partial charge is 0.416 e. The number of halogens is 2. The molecular formula is C17H23F2N3O3SSi. The van der Waals surface area contributed by atoms with Gasteiger partial charge in [-0.2, -0.15) is 0 Å². The maximum atomic E-state index is 14.7. The van der Waals surface area contributed by atoms with Crippen LogP contribution < -0.4 is 9.80 Å². The Morgan fingerprint density at radius 1 is 1.30 bits per heavy atom. The second kappa shape index (κ2) is 7.23. The Kier molecular flexibility index (Phi) is 5.30. The van der Waals surface area contributed by atoms with Crippen LogP contribution in [0.4, 0.5) is 25.0 Å². The molecule has 0 unspecified atom stereocenters. The second-order valence-electron chi connectivity index (χ2n) is 7.75. The number of amides is 1. The van der Waals surface area contributed by atoms with Crippen molar-refractivity contribution in [3.63, 3.8) is 0 Å². The zero-order chi connectivity index (χ0) is 19.9. The molecular weight excluding hydrogens is 392 g/mol. The van der Waals surface area contributed by atoms with E-state index in [1.807, 2.05) is 0 Å². The lowest BCUT2D eigenvalue weighted by Crippen LogP contribution is -2.43. The first-order chi connectivity index (χ1) is 12.6. The highest BCUT2D eigenvalue weighted by Gasteiger charge is 2.37. The molecule has 1 amide bonds. The number of hydrogen-bond acceptors (Lipinski definition) is 4. The molecule has 1 aromatic carbocycles. The van der Waals surface area contributed by atoms with Crippen LogP contribution in [0.15, 0.2) is 12.1 Å². The summed E-state index contributed by atoms with van der Waals surface area (Å²) in [6, 6.07) is 4.27. The number of aliphatic hydroxyl groups is 1. The molecule has 0 aromatic heterocycles. The normalized spacial score (nSPS) is 22.0. The number of carbonyl (C=O) groups is 1. The van der Waals surface area contributed by atoms with Crippen molar-refractivity contribution >= 4 is 42.9 Å². The summed E-state index contributed by atoms with van der Waals surface area (Å²) < 4.78 is 34.6. The SMILES string of the molecule is CN(C(O)=S)[C@@H]1CN(c2cc(F)c(N3CC[Si](C)(C)CC3)c(F)c2)C(=O)O1. The lowest BCUT2D eigenvalue weighted by molar-refractivity contribution is 0.0709. The topological polar surface area (TPSA) is 56.2 Å². The Morgan fingerprint density at radius 3 is 2.37 bits per heavy atom. The first-order valence-electron chi connectivity index (χ1n) is 8.77. The van der Waals surface area contributed by atoms with E-state index in [1.165, 1.54) is 11.9 Å².